The molecule has 1 heterocycles. The van der Waals surface area contributed by atoms with Crippen LogP contribution in [0.1, 0.15) is 32.1 Å². The van der Waals surface area contributed by atoms with Gasteiger partial charge >= 0.3 is 6.03 Å². The first-order valence-electron chi connectivity index (χ1n) is 5.73. The number of carbonyl (C=O) groups excluding carboxylic acids is 3. The van der Waals surface area contributed by atoms with E-state index in [4.69, 9.17) is 6.42 Å². The maximum atomic E-state index is 12.3. The standard InChI is InChI=1S/C12H14N2O3/c1-2-3-8-14-10(16)12(6-4-5-7-12)9(15)13-11(14)17/h1H,3-8H2,(H,13,15,17). The normalized spacial score (nSPS) is 22.8. The highest BCUT2D eigenvalue weighted by Crippen LogP contribution is 2.41. The van der Waals surface area contributed by atoms with E-state index in [0.29, 0.717) is 19.3 Å². The third kappa shape index (κ3) is 1.70. The van der Waals surface area contributed by atoms with E-state index in [0.717, 1.165) is 17.7 Å². The number of imide groups is 2. The van der Waals surface area contributed by atoms with Crippen LogP contribution in [0, 0.1) is 17.8 Å². The Morgan fingerprint density at radius 2 is 1.94 bits per heavy atom. The molecule has 0 atom stereocenters. The zero-order valence-electron chi connectivity index (χ0n) is 9.49. The Kier molecular flexibility index (Phi) is 2.88. The smallest absolute Gasteiger partial charge is 0.277 e. The molecule has 90 valence electrons. The van der Waals surface area contributed by atoms with Gasteiger partial charge in [-0.1, -0.05) is 12.8 Å². The van der Waals surface area contributed by atoms with Crippen molar-refractivity contribution in [3.63, 3.8) is 0 Å². The lowest BCUT2D eigenvalue weighted by Gasteiger charge is -2.36. The van der Waals surface area contributed by atoms with Gasteiger partial charge in [0.25, 0.3) is 0 Å². The number of barbiturate groups is 1. The Labute approximate surface area is 99.5 Å². The molecule has 0 bridgehead atoms. The number of hydrogen-bond donors (Lipinski definition) is 1. The largest absolute Gasteiger partial charge is 0.330 e. The zero-order chi connectivity index (χ0) is 12.5. The van der Waals surface area contributed by atoms with Crippen LogP contribution >= 0.6 is 0 Å². The summed E-state index contributed by atoms with van der Waals surface area (Å²) in [6.07, 6.45) is 8.17. The monoisotopic (exact) mass is 234 g/mol. The van der Waals surface area contributed by atoms with E-state index >= 15 is 0 Å². The second-order valence-corrected chi connectivity index (χ2v) is 4.46. The molecule has 0 aromatic rings. The molecule has 17 heavy (non-hydrogen) atoms. The van der Waals surface area contributed by atoms with Crippen LogP contribution in [-0.2, 0) is 9.59 Å². The number of nitrogens with one attached hydrogen (secondary N) is 1. The summed E-state index contributed by atoms with van der Waals surface area (Å²) in [6.45, 7) is 0.177. The quantitative estimate of drug-likeness (QED) is 0.563. The van der Waals surface area contributed by atoms with Gasteiger partial charge in [0.15, 0.2) is 0 Å². The van der Waals surface area contributed by atoms with Gasteiger partial charge in [-0.05, 0) is 12.8 Å². The third-order valence-corrected chi connectivity index (χ3v) is 3.49. The Balaban J connectivity index is 2.25. The molecule has 5 heteroatoms. The second-order valence-electron chi connectivity index (χ2n) is 4.46. The fourth-order valence-corrected chi connectivity index (χ4v) is 2.53. The Morgan fingerprint density at radius 3 is 2.53 bits per heavy atom. The average molecular weight is 234 g/mol. The number of carbonyl (C=O) groups is 3. The molecule has 0 radical (unpaired) electrons. The van der Waals surface area contributed by atoms with Crippen LogP contribution in [0.2, 0.25) is 0 Å². The molecule has 2 fully saturated rings. The molecule has 1 saturated heterocycles. The van der Waals surface area contributed by atoms with E-state index in [1.54, 1.807) is 0 Å². The summed E-state index contributed by atoms with van der Waals surface area (Å²) in [5, 5.41) is 2.26. The molecule has 1 N–H and O–H groups in total. The highest BCUT2D eigenvalue weighted by atomic mass is 16.2. The molecular weight excluding hydrogens is 220 g/mol. The van der Waals surface area contributed by atoms with Gasteiger partial charge in [-0.25, -0.2) is 4.79 Å². The lowest BCUT2D eigenvalue weighted by atomic mass is 9.82. The molecule has 4 amide bonds. The minimum atomic E-state index is -1.01. The molecule has 0 aromatic carbocycles. The number of hydrogen-bond acceptors (Lipinski definition) is 3. The van der Waals surface area contributed by atoms with Crippen LogP contribution in [0.15, 0.2) is 0 Å². The van der Waals surface area contributed by atoms with Crippen molar-refractivity contribution in [2.45, 2.75) is 32.1 Å². The average Bonchev–Trinajstić information content (AvgIpc) is 2.77. The Hall–Kier alpha value is -1.83. The maximum Gasteiger partial charge on any atom is 0.330 e. The van der Waals surface area contributed by atoms with E-state index in [-0.39, 0.29) is 12.5 Å². The highest BCUT2D eigenvalue weighted by molar-refractivity contribution is 6.19. The molecule has 2 rings (SSSR count). The zero-order valence-corrected chi connectivity index (χ0v) is 9.49. The number of amides is 4. The Morgan fingerprint density at radius 1 is 1.29 bits per heavy atom. The molecule has 0 unspecified atom stereocenters. The number of nitrogens with zero attached hydrogens (tertiary/aromatic N) is 1. The molecule has 2 aliphatic rings. The summed E-state index contributed by atoms with van der Waals surface area (Å²) < 4.78 is 0. The van der Waals surface area contributed by atoms with Gasteiger partial charge in [-0.3, -0.25) is 19.8 Å². The molecule has 1 saturated carbocycles. The van der Waals surface area contributed by atoms with Crippen LogP contribution in [0.4, 0.5) is 4.79 Å². The van der Waals surface area contributed by atoms with Crippen LogP contribution in [0.5, 0.6) is 0 Å². The summed E-state index contributed by atoms with van der Waals surface area (Å²) in [4.78, 5) is 36.7. The number of urea groups is 1. The van der Waals surface area contributed by atoms with Gasteiger partial charge in [0, 0.05) is 13.0 Å². The summed E-state index contributed by atoms with van der Waals surface area (Å²) in [6, 6.07) is -0.646. The summed E-state index contributed by atoms with van der Waals surface area (Å²) in [7, 11) is 0. The summed E-state index contributed by atoms with van der Waals surface area (Å²) in [5.41, 5.74) is -1.01. The van der Waals surface area contributed by atoms with Crippen molar-refractivity contribution in [1.82, 2.24) is 10.2 Å². The minimum Gasteiger partial charge on any atom is -0.277 e. The molecular formula is C12H14N2O3. The van der Waals surface area contributed by atoms with E-state index < -0.39 is 17.4 Å². The van der Waals surface area contributed by atoms with Gasteiger partial charge in [0.1, 0.15) is 5.41 Å². The fourth-order valence-electron chi connectivity index (χ4n) is 2.53. The van der Waals surface area contributed by atoms with Crippen molar-refractivity contribution in [3.8, 4) is 12.3 Å². The first kappa shape index (κ1) is 11.6. The first-order chi connectivity index (χ1) is 8.12. The molecule has 0 aromatic heterocycles. The van der Waals surface area contributed by atoms with Crippen molar-refractivity contribution in [1.29, 1.82) is 0 Å². The minimum absolute atomic E-state index is 0.177. The van der Waals surface area contributed by atoms with Crippen molar-refractivity contribution < 1.29 is 14.4 Å². The van der Waals surface area contributed by atoms with Crippen molar-refractivity contribution >= 4 is 17.8 Å². The number of rotatable bonds is 2. The SMILES string of the molecule is C#CCCN1C(=O)NC(=O)C2(CCCC2)C1=O. The van der Waals surface area contributed by atoms with E-state index in [1.807, 2.05) is 0 Å². The van der Waals surface area contributed by atoms with Crippen LogP contribution < -0.4 is 5.32 Å². The highest BCUT2D eigenvalue weighted by Gasteiger charge is 2.54. The first-order valence-corrected chi connectivity index (χ1v) is 5.73. The summed E-state index contributed by atoms with van der Waals surface area (Å²) >= 11 is 0. The van der Waals surface area contributed by atoms with Crippen molar-refractivity contribution in [2.75, 3.05) is 6.54 Å². The van der Waals surface area contributed by atoms with Gasteiger partial charge < -0.3 is 0 Å². The molecule has 1 spiro atoms. The Bertz CT molecular complexity index is 416. The maximum absolute atomic E-state index is 12.3. The number of terminal acetylenes is 1. The molecule has 1 aliphatic heterocycles. The van der Waals surface area contributed by atoms with Gasteiger partial charge in [0.05, 0.1) is 0 Å². The van der Waals surface area contributed by atoms with Gasteiger partial charge in [0.2, 0.25) is 11.8 Å². The van der Waals surface area contributed by atoms with Crippen molar-refractivity contribution in [3.05, 3.63) is 0 Å². The van der Waals surface area contributed by atoms with E-state index in [9.17, 15) is 14.4 Å². The van der Waals surface area contributed by atoms with Crippen LogP contribution in [-0.4, -0.2) is 29.3 Å². The van der Waals surface area contributed by atoms with E-state index in [2.05, 4.69) is 11.2 Å². The predicted molar refractivity (Wildman–Crippen MR) is 59.6 cm³/mol. The summed E-state index contributed by atoms with van der Waals surface area (Å²) in [5.74, 6) is 1.57. The lowest BCUT2D eigenvalue weighted by Crippen LogP contribution is -2.63. The third-order valence-electron chi connectivity index (χ3n) is 3.49. The molecule has 1 aliphatic carbocycles. The van der Waals surface area contributed by atoms with Gasteiger partial charge in [-0.2, -0.15) is 0 Å². The fraction of sp³-hybridized carbons (Fsp3) is 0.583. The van der Waals surface area contributed by atoms with E-state index in [1.165, 1.54) is 0 Å². The van der Waals surface area contributed by atoms with Crippen LogP contribution in [0.25, 0.3) is 0 Å². The second kappa shape index (κ2) is 4.21. The van der Waals surface area contributed by atoms with Crippen molar-refractivity contribution in [2.24, 2.45) is 5.41 Å². The van der Waals surface area contributed by atoms with Gasteiger partial charge in [-0.15, -0.1) is 12.3 Å². The lowest BCUT2D eigenvalue weighted by molar-refractivity contribution is -0.151. The topological polar surface area (TPSA) is 66.5 Å². The molecule has 5 nitrogen and oxygen atoms in total. The van der Waals surface area contributed by atoms with Crippen LogP contribution in [0.3, 0.4) is 0 Å². The predicted octanol–water partition coefficient (Wildman–Crippen LogP) is 0.648.